The zero-order valence-corrected chi connectivity index (χ0v) is 9.41. The molecular formula is C10H14N4O3. The summed E-state index contributed by atoms with van der Waals surface area (Å²) in [4.78, 5) is 4.51. The predicted molar refractivity (Wildman–Crippen MR) is 60.2 cm³/mol. The maximum Gasteiger partial charge on any atom is 0.272 e. The molecule has 3 N–H and O–H groups in total. The summed E-state index contributed by atoms with van der Waals surface area (Å²) in [5, 5.41) is 21.3. The van der Waals surface area contributed by atoms with E-state index >= 15 is 0 Å². The van der Waals surface area contributed by atoms with Crippen LogP contribution < -0.4 is 5.73 Å². The van der Waals surface area contributed by atoms with E-state index in [0.29, 0.717) is 23.8 Å². The first-order valence-electron chi connectivity index (χ1n) is 5.26. The van der Waals surface area contributed by atoms with E-state index in [0.717, 1.165) is 5.56 Å². The molecule has 1 aliphatic heterocycles. The van der Waals surface area contributed by atoms with Crippen molar-refractivity contribution in [3.63, 3.8) is 0 Å². The van der Waals surface area contributed by atoms with Crippen LogP contribution in [0.2, 0.25) is 0 Å². The Morgan fingerprint density at radius 1 is 1.65 bits per heavy atom. The Balaban J connectivity index is 2.19. The van der Waals surface area contributed by atoms with Crippen molar-refractivity contribution in [2.75, 3.05) is 0 Å². The van der Waals surface area contributed by atoms with Crippen molar-refractivity contribution in [1.29, 1.82) is 0 Å². The molecule has 0 aromatic carbocycles. The number of hydroxylamine groups is 1. The Hall–Kier alpha value is -2.02. The molecular weight excluding hydrogens is 224 g/mol. The summed E-state index contributed by atoms with van der Waals surface area (Å²) >= 11 is 0. The van der Waals surface area contributed by atoms with Gasteiger partial charge in [0.05, 0.1) is 25.0 Å². The minimum Gasteiger partial charge on any atom is -0.691 e. The van der Waals surface area contributed by atoms with E-state index in [2.05, 4.69) is 4.99 Å². The van der Waals surface area contributed by atoms with Gasteiger partial charge in [0, 0.05) is 12.0 Å². The van der Waals surface area contributed by atoms with Crippen LogP contribution in [0.15, 0.2) is 28.0 Å². The fourth-order valence-corrected chi connectivity index (χ4v) is 1.59. The average molecular weight is 238 g/mol. The lowest BCUT2D eigenvalue weighted by atomic mass is 10.2. The Labute approximate surface area is 98.0 Å². The molecule has 0 amide bonds. The average Bonchev–Trinajstić information content (AvgIpc) is 2.83. The van der Waals surface area contributed by atoms with E-state index < -0.39 is 0 Å². The Morgan fingerprint density at radius 3 is 3.06 bits per heavy atom. The van der Waals surface area contributed by atoms with Gasteiger partial charge in [0.25, 0.3) is 5.84 Å². The van der Waals surface area contributed by atoms with Gasteiger partial charge in [-0.05, 0) is 13.0 Å². The second-order valence-electron chi connectivity index (χ2n) is 3.83. The molecule has 1 atom stereocenters. The molecule has 92 valence electrons. The molecule has 0 fully saturated rings. The molecule has 1 aromatic heterocycles. The number of hydrazine groups is 1. The number of hydrogen-bond acceptors (Lipinski definition) is 5. The summed E-state index contributed by atoms with van der Waals surface area (Å²) in [6, 6.07) is 1.60. The summed E-state index contributed by atoms with van der Waals surface area (Å²) in [5.41, 5.74) is 6.30. The summed E-state index contributed by atoms with van der Waals surface area (Å²) in [7, 11) is 0. The second-order valence-corrected chi connectivity index (χ2v) is 3.83. The van der Waals surface area contributed by atoms with Crippen molar-refractivity contribution in [1.82, 2.24) is 5.17 Å². The maximum absolute atomic E-state index is 11.3. The van der Waals surface area contributed by atoms with Gasteiger partial charge in [0.1, 0.15) is 0 Å². The van der Waals surface area contributed by atoms with Crippen molar-refractivity contribution >= 4 is 11.7 Å². The Kier molecular flexibility index (Phi) is 3.01. The number of furan rings is 1. The Bertz CT molecular complexity index is 452. The van der Waals surface area contributed by atoms with Gasteiger partial charge in [-0.25, -0.2) is 0 Å². The summed E-state index contributed by atoms with van der Waals surface area (Å²) < 4.78 is 4.95. The lowest BCUT2D eigenvalue weighted by molar-refractivity contribution is -0.687. The third kappa shape index (κ3) is 2.23. The van der Waals surface area contributed by atoms with Gasteiger partial charge >= 0.3 is 0 Å². The van der Waals surface area contributed by atoms with Gasteiger partial charge in [-0.1, -0.05) is 5.17 Å². The highest BCUT2D eigenvalue weighted by atomic mass is 16.7. The van der Waals surface area contributed by atoms with Gasteiger partial charge in [-0.3, -0.25) is 15.9 Å². The van der Waals surface area contributed by atoms with E-state index in [1.54, 1.807) is 18.6 Å². The van der Waals surface area contributed by atoms with E-state index in [9.17, 15) is 10.4 Å². The predicted octanol–water partition coefficient (Wildman–Crippen LogP) is 1.01. The molecule has 0 bridgehead atoms. The van der Waals surface area contributed by atoms with Crippen LogP contribution >= 0.6 is 0 Å². The zero-order chi connectivity index (χ0) is 12.4. The van der Waals surface area contributed by atoms with Crippen LogP contribution in [0, 0.1) is 5.21 Å². The smallest absolute Gasteiger partial charge is 0.272 e. The first-order valence-corrected chi connectivity index (χ1v) is 5.26. The highest BCUT2D eigenvalue weighted by Gasteiger charge is 2.23. The highest BCUT2D eigenvalue weighted by Crippen LogP contribution is 2.19. The highest BCUT2D eigenvalue weighted by molar-refractivity contribution is 5.88. The Morgan fingerprint density at radius 2 is 2.41 bits per heavy atom. The van der Waals surface area contributed by atoms with Crippen molar-refractivity contribution in [2.45, 2.75) is 25.8 Å². The summed E-state index contributed by atoms with van der Waals surface area (Å²) in [5.74, 6) is 0.366. The molecule has 0 saturated carbocycles. The number of hydrogen-bond donors (Lipinski definition) is 2. The number of aliphatic imine (C=N–C) groups is 1. The van der Waals surface area contributed by atoms with E-state index in [1.807, 2.05) is 6.92 Å². The van der Waals surface area contributed by atoms with Crippen LogP contribution in [-0.4, -0.2) is 26.9 Å². The molecule has 2 rings (SSSR count). The molecule has 2 heterocycles. The minimum absolute atomic E-state index is 0.0717. The lowest BCUT2D eigenvalue weighted by Gasteiger charge is -2.26. The molecule has 17 heavy (non-hydrogen) atoms. The van der Waals surface area contributed by atoms with Gasteiger partial charge < -0.3 is 9.62 Å². The van der Waals surface area contributed by atoms with Crippen molar-refractivity contribution < 1.29 is 14.5 Å². The van der Waals surface area contributed by atoms with Crippen LogP contribution in [0.5, 0.6) is 0 Å². The number of amidine groups is 2. The molecule has 0 spiro atoms. The largest absolute Gasteiger partial charge is 0.691 e. The lowest BCUT2D eigenvalue weighted by Crippen LogP contribution is -2.45. The van der Waals surface area contributed by atoms with Crippen LogP contribution in [0.3, 0.4) is 0 Å². The molecule has 1 unspecified atom stereocenters. The molecule has 0 saturated heterocycles. The fraction of sp³-hybridized carbons (Fsp3) is 0.400. The SMILES string of the molecule is CC(N=C1CCC(N)=[N+]([O-])N1O)c1ccoc1. The number of nitrogens with two attached hydrogens (primary N) is 1. The molecule has 1 aliphatic rings. The minimum atomic E-state index is -0.189. The molecule has 1 aromatic rings. The van der Waals surface area contributed by atoms with Gasteiger partial charge in [-0.2, -0.15) is 0 Å². The first-order chi connectivity index (χ1) is 8.09. The topological polar surface area (TPSA) is 101 Å². The third-order valence-corrected chi connectivity index (χ3v) is 2.62. The molecule has 0 radical (unpaired) electrons. The summed E-state index contributed by atoms with van der Waals surface area (Å²) in [6.07, 6.45) is 3.95. The molecule has 0 aliphatic carbocycles. The molecule has 7 nitrogen and oxygen atoms in total. The second kappa shape index (κ2) is 4.46. The van der Waals surface area contributed by atoms with Gasteiger partial charge in [0.2, 0.25) is 0 Å². The number of hydrazone groups is 1. The number of nitrogens with zero attached hydrogens (tertiary/aromatic N) is 3. The standard InChI is InChI=1S/C10H14N4O3/c1-7(8-4-5-17-6-8)12-10-3-2-9(11)13(15)14(10)16/h4-7,16H,2-3,11H2,1H3. The third-order valence-electron chi connectivity index (χ3n) is 2.62. The van der Waals surface area contributed by atoms with Gasteiger partial charge in [0.15, 0.2) is 5.84 Å². The normalized spacial score (nSPS) is 21.1. The van der Waals surface area contributed by atoms with E-state index in [4.69, 9.17) is 10.2 Å². The summed E-state index contributed by atoms with van der Waals surface area (Å²) in [6.45, 7) is 1.85. The van der Waals surface area contributed by atoms with Crippen LogP contribution in [-0.2, 0) is 0 Å². The zero-order valence-electron chi connectivity index (χ0n) is 9.41. The van der Waals surface area contributed by atoms with Crippen LogP contribution in [0.4, 0.5) is 0 Å². The van der Waals surface area contributed by atoms with Gasteiger partial charge in [-0.15, -0.1) is 4.85 Å². The maximum atomic E-state index is 11.3. The quantitative estimate of drug-likeness (QED) is 0.591. The number of rotatable bonds is 2. The fourth-order valence-electron chi connectivity index (χ4n) is 1.59. The van der Waals surface area contributed by atoms with E-state index in [-0.39, 0.29) is 16.7 Å². The molecule has 7 heteroatoms. The van der Waals surface area contributed by atoms with Crippen molar-refractivity contribution in [2.24, 2.45) is 10.7 Å². The monoisotopic (exact) mass is 238 g/mol. The van der Waals surface area contributed by atoms with Crippen molar-refractivity contribution in [3.8, 4) is 0 Å². The first kappa shape index (κ1) is 11.5. The van der Waals surface area contributed by atoms with Crippen LogP contribution in [0.1, 0.15) is 31.4 Å². The van der Waals surface area contributed by atoms with Crippen LogP contribution in [0.25, 0.3) is 0 Å². The van der Waals surface area contributed by atoms with E-state index in [1.165, 1.54) is 0 Å². The van der Waals surface area contributed by atoms with Crippen molar-refractivity contribution in [3.05, 3.63) is 29.4 Å².